The highest BCUT2D eigenvalue weighted by Gasteiger charge is 2.21. The van der Waals surface area contributed by atoms with Gasteiger partial charge < -0.3 is 20.1 Å². The monoisotopic (exact) mass is 360 g/mol. The average molecular weight is 360 g/mol. The molecule has 2 aromatic carbocycles. The van der Waals surface area contributed by atoms with Crippen LogP contribution in [0, 0.1) is 5.82 Å². The molecule has 0 aliphatic carbocycles. The van der Waals surface area contributed by atoms with E-state index in [0.29, 0.717) is 24.0 Å². The first kappa shape index (κ1) is 17.5. The van der Waals surface area contributed by atoms with Crippen molar-refractivity contribution < 1.29 is 13.9 Å². The fourth-order valence-electron chi connectivity index (χ4n) is 2.83. The minimum Gasteiger partial charge on any atom is -0.497 e. The Morgan fingerprint density at radius 1 is 1.28 bits per heavy atom. The van der Waals surface area contributed by atoms with Gasteiger partial charge in [0.2, 0.25) is 0 Å². The van der Waals surface area contributed by atoms with Gasteiger partial charge >= 0.3 is 0 Å². The largest absolute Gasteiger partial charge is 0.497 e. The minimum absolute atomic E-state index is 0.0657. The van der Waals surface area contributed by atoms with Gasteiger partial charge in [0.1, 0.15) is 17.3 Å². The van der Waals surface area contributed by atoms with E-state index in [4.69, 9.17) is 21.7 Å². The third kappa shape index (κ3) is 4.60. The van der Waals surface area contributed by atoms with Gasteiger partial charge in [-0.1, -0.05) is 12.1 Å². The highest BCUT2D eigenvalue weighted by molar-refractivity contribution is 7.80. The van der Waals surface area contributed by atoms with Gasteiger partial charge in [-0.15, -0.1) is 0 Å². The molecule has 0 amide bonds. The summed E-state index contributed by atoms with van der Waals surface area (Å²) in [6.45, 7) is 1.23. The van der Waals surface area contributed by atoms with Crippen molar-refractivity contribution in [3.05, 3.63) is 59.4 Å². The lowest BCUT2D eigenvalue weighted by Crippen LogP contribution is -2.37. The molecule has 0 saturated heterocycles. The van der Waals surface area contributed by atoms with Crippen molar-refractivity contribution in [1.29, 1.82) is 0 Å². The Labute approximate surface area is 152 Å². The van der Waals surface area contributed by atoms with E-state index >= 15 is 0 Å². The fraction of sp³-hybridized carbons (Fsp3) is 0.316. The van der Waals surface area contributed by atoms with Crippen molar-refractivity contribution in [2.24, 2.45) is 0 Å². The van der Waals surface area contributed by atoms with E-state index in [1.54, 1.807) is 13.2 Å². The summed E-state index contributed by atoms with van der Waals surface area (Å²) in [5.74, 6) is 1.27. The van der Waals surface area contributed by atoms with Crippen molar-refractivity contribution >= 4 is 17.3 Å². The van der Waals surface area contributed by atoms with Gasteiger partial charge in [0, 0.05) is 12.1 Å². The molecular formula is C19H21FN2O2S. The van der Waals surface area contributed by atoms with Crippen LogP contribution in [-0.2, 0) is 6.54 Å². The number of nitrogens with one attached hydrogen (secondary N) is 2. The van der Waals surface area contributed by atoms with Crippen LogP contribution < -0.4 is 20.1 Å². The van der Waals surface area contributed by atoms with E-state index in [1.807, 2.05) is 24.3 Å². The molecule has 3 rings (SSSR count). The van der Waals surface area contributed by atoms with Crippen LogP contribution in [0.25, 0.3) is 0 Å². The molecule has 0 unspecified atom stereocenters. The second-order valence-electron chi connectivity index (χ2n) is 5.90. The Bertz CT molecular complexity index is 737. The van der Waals surface area contributed by atoms with Crippen molar-refractivity contribution in [2.45, 2.75) is 25.4 Å². The number of thiocarbonyl (C=S) groups is 1. The minimum atomic E-state index is -0.270. The first-order valence-electron chi connectivity index (χ1n) is 8.25. The first-order valence-corrected chi connectivity index (χ1v) is 8.66. The SMILES string of the molecule is COc1ccc(CNC(=S)N[C@@H]2CCCOc3ccc(F)cc32)cc1. The standard InChI is InChI=1S/C19H21FN2O2S/c1-23-15-7-4-13(5-8-15)12-21-19(25)22-17-3-2-10-24-18-9-6-14(20)11-16(17)18/h4-9,11,17H,2-3,10,12H2,1H3,(H2,21,22,25)/t17-/m1/s1. The second kappa shape index (κ2) is 8.16. The zero-order valence-corrected chi connectivity index (χ0v) is 14.9. The van der Waals surface area contributed by atoms with Crippen molar-refractivity contribution in [2.75, 3.05) is 13.7 Å². The van der Waals surface area contributed by atoms with E-state index < -0.39 is 0 Å². The van der Waals surface area contributed by atoms with Gasteiger partial charge in [-0.2, -0.15) is 0 Å². The summed E-state index contributed by atoms with van der Waals surface area (Å²) in [4.78, 5) is 0. The van der Waals surface area contributed by atoms with Crippen LogP contribution in [0.5, 0.6) is 11.5 Å². The quantitative estimate of drug-likeness (QED) is 0.814. The lowest BCUT2D eigenvalue weighted by atomic mass is 10.0. The number of fused-ring (bicyclic) bond motifs is 1. The molecule has 6 heteroatoms. The van der Waals surface area contributed by atoms with E-state index in [2.05, 4.69) is 10.6 Å². The predicted octanol–water partition coefficient (Wildman–Crippen LogP) is 3.71. The summed E-state index contributed by atoms with van der Waals surface area (Å²) in [7, 11) is 1.64. The average Bonchev–Trinajstić information content (AvgIpc) is 2.82. The molecule has 0 saturated carbocycles. The van der Waals surface area contributed by atoms with E-state index in [0.717, 1.165) is 29.7 Å². The summed E-state index contributed by atoms with van der Waals surface area (Å²) >= 11 is 5.41. The fourth-order valence-corrected chi connectivity index (χ4v) is 3.05. The Hall–Kier alpha value is -2.34. The molecule has 25 heavy (non-hydrogen) atoms. The summed E-state index contributed by atoms with van der Waals surface area (Å²) < 4.78 is 24.5. The lowest BCUT2D eigenvalue weighted by molar-refractivity contribution is 0.315. The highest BCUT2D eigenvalue weighted by atomic mass is 32.1. The molecule has 1 atom stereocenters. The van der Waals surface area contributed by atoms with Crippen LogP contribution in [0.4, 0.5) is 4.39 Å². The molecule has 0 spiro atoms. The van der Waals surface area contributed by atoms with E-state index in [1.165, 1.54) is 12.1 Å². The summed E-state index contributed by atoms with van der Waals surface area (Å²) in [5.41, 5.74) is 1.91. The van der Waals surface area contributed by atoms with Crippen LogP contribution >= 0.6 is 12.2 Å². The zero-order valence-electron chi connectivity index (χ0n) is 14.0. The first-order chi connectivity index (χ1) is 12.2. The third-order valence-electron chi connectivity index (χ3n) is 4.16. The van der Waals surface area contributed by atoms with Gasteiger partial charge in [-0.05, 0) is 61.0 Å². The van der Waals surface area contributed by atoms with Gasteiger partial charge in [-0.25, -0.2) is 4.39 Å². The Morgan fingerprint density at radius 3 is 2.84 bits per heavy atom. The molecule has 2 N–H and O–H groups in total. The topological polar surface area (TPSA) is 42.5 Å². The maximum atomic E-state index is 13.6. The molecule has 0 aromatic heterocycles. The van der Waals surface area contributed by atoms with Crippen molar-refractivity contribution in [1.82, 2.24) is 10.6 Å². The van der Waals surface area contributed by atoms with Crippen molar-refractivity contribution in [3.63, 3.8) is 0 Å². The number of benzene rings is 2. The lowest BCUT2D eigenvalue weighted by Gasteiger charge is -2.21. The van der Waals surface area contributed by atoms with Crippen LogP contribution in [0.2, 0.25) is 0 Å². The Kier molecular flexibility index (Phi) is 5.71. The Morgan fingerprint density at radius 2 is 2.08 bits per heavy atom. The van der Waals surface area contributed by atoms with Crippen LogP contribution in [0.15, 0.2) is 42.5 Å². The van der Waals surface area contributed by atoms with Crippen molar-refractivity contribution in [3.8, 4) is 11.5 Å². The molecule has 0 bridgehead atoms. The summed E-state index contributed by atoms with van der Waals surface area (Å²) in [6, 6.07) is 12.3. The second-order valence-corrected chi connectivity index (χ2v) is 6.31. The smallest absolute Gasteiger partial charge is 0.167 e. The maximum Gasteiger partial charge on any atom is 0.167 e. The predicted molar refractivity (Wildman–Crippen MR) is 99.4 cm³/mol. The normalized spacial score (nSPS) is 16.2. The number of halogens is 1. The van der Waals surface area contributed by atoms with Gasteiger partial charge in [0.15, 0.2) is 5.11 Å². The molecule has 0 fully saturated rings. The van der Waals surface area contributed by atoms with Crippen LogP contribution in [-0.4, -0.2) is 18.8 Å². The van der Waals surface area contributed by atoms with E-state index in [-0.39, 0.29) is 11.9 Å². The third-order valence-corrected chi connectivity index (χ3v) is 4.42. The molecule has 1 aliphatic heterocycles. The number of rotatable bonds is 4. The summed E-state index contributed by atoms with van der Waals surface area (Å²) in [5, 5.41) is 7.02. The molecule has 4 nitrogen and oxygen atoms in total. The van der Waals surface area contributed by atoms with Crippen LogP contribution in [0.3, 0.4) is 0 Å². The molecule has 132 valence electrons. The molecule has 1 heterocycles. The van der Waals surface area contributed by atoms with Gasteiger partial charge in [0.25, 0.3) is 0 Å². The Balaban J connectivity index is 1.61. The molecule has 2 aromatic rings. The highest BCUT2D eigenvalue weighted by Crippen LogP contribution is 2.32. The van der Waals surface area contributed by atoms with Gasteiger partial charge in [-0.3, -0.25) is 0 Å². The number of ether oxygens (including phenoxy) is 2. The van der Waals surface area contributed by atoms with Gasteiger partial charge in [0.05, 0.1) is 19.8 Å². The number of methoxy groups -OCH3 is 1. The maximum absolute atomic E-state index is 13.6. The van der Waals surface area contributed by atoms with E-state index in [9.17, 15) is 4.39 Å². The molecule has 0 radical (unpaired) electrons. The van der Waals surface area contributed by atoms with Crippen LogP contribution in [0.1, 0.15) is 30.0 Å². The molecular weight excluding hydrogens is 339 g/mol. The number of hydrogen-bond acceptors (Lipinski definition) is 3. The zero-order chi connectivity index (χ0) is 17.6. The summed E-state index contributed by atoms with van der Waals surface area (Å²) in [6.07, 6.45) is 1.72. The molecule has 1 aliphatic rings. The number of hydrogen-bond donors (Lipinski definition) is 2.